The second-order valence-electron chi connectivity index (χ2n) is 4.90. The van der Waals surface area contributed by atoms with Crippen LogP contribution in [-0.4, -0.2) is 13.7 Å². The van der Waals surface area contributed by atoms with Crippen molar-refractivity contribution in [3.8, 4) is 5.75 Å². The maximum atomic E-state index is 5.20. The Morgan fingerprint density at radius 3 is 2.55 bits per heavy atom. The van der Waals surface area contributed by atoms with Crippen molar-refractivity contribution in [3.63, 3.8) is 0 Å². The van der Waals surface area contributed by atoms with E-state index in [1.807, 2.05) is 18.2 Å². The molecule has 0 aliphatic carbocycles. The highest BCUT2D eigenvalue weighted by atomic mass is 16.5. The van der Waals surface area contributed by atoms with Crippen molar-refractivity contribution in [2.75, 3.05) is 19.0 Å². The predicted molar refractivity (Wildman–Crippen MR) is 85.6 cm³/mol. The second-order valence-corrected chi connectivity index (χ2v) is 4.90. The molecular weight excluding hydrogens is 246 g/mol. The van der Waals surface area contributed by atoms with Crippen LogP contribution < -0.4 is 10.1 Å². The summed E-state index contributed by atoms with van der Waals surface area (Å²) in [5.74, 6) is 1.01. The van der Waals surface area contributed by atoms with Gasteiger partial charge in [-0.1, -0.05) is 49.7 Å². The Bertz CT molecular complexity index is 513. The van der Waals surface area contributed by atoms with Crippen LogP contribution in [0.4, 0.5) is 5.69 Å². The first-order valence-corrected chi connectivity index (χ1v) is 7.28. The first kappa shape index (κ1) is 14.4. The van der Waals surface area contributed by atoms with Crippen molar-refractivity contribution in [2.24, 2.45) is 0 Å². The molecule has 0 aromatic heterocycles. The van der Waals surface area contributed by atoms with E-state index in [-0.39, 0.29) is 0 Å². The highest BCUT2D eigenvalue weighted by Gasteiger charge is 2.05. The van der Waals surface area contributed by atoms with Crippen LogP contribution >= 0.6 is 0 Å². The molecule has 1 N–H and O–H groups in total. The summed E-state index contributed by atoms with van der Waals surface area (Å²) in [5.41, 5.74) is 4.08. The summed E-state index contributed by atoms with van der Waals surface area (Å²) in [6.45, 7) is 3.28. The average molecular weight is 269 g/mol. The van der Waals surface area contributed by atoms with E-state index in [1.54, 1.807) is 7.11 Å². The minimum absolute atomic E-state index is 1.01. The Morgan fingerprint density at radius 2 is 1.80 bits per heavy atom. The zero-order valence-electron chi connectivity index (χ0n) is 12.4. The summed E-state index contributed by atoms with van der Waals surface area (Å²) in [5, 5.41) is 3.30. The van der Waals surface area contributed by atoms with E-state index in [0.29, 0.717) is 0 Å². The number of rotatable bonds is 3. The summed E-state index contributed by atoms with van der Waals surface area (Å²) < 4.78 is 5.20. The smallest absolute Gasteiger partial charge is 0.122 e. The van der Waals surface area contributed by atoms with Gasteiger partial charge in [-0.2, -0.15) is 0 Å². The fourth-order valence-electron chi connectivity index (χ4n) is 2.42. The van der Waals surface area contributed by atoms with Gasteiger partial charge < -0.3 is 10.1 Å². The standard InChI is InChI=1S/C10H14O.C8H9N/c1-3-6-9-7-4-5-8-10(9)11-2;1-2-4-8-7(3-1)5-6-9-8/h4-5,7-8H,3,6H2,1-2H3;1-4,9H,5-6H2. The molecule has 0 saturated carbocycles. The summed E-state index contributed by atoms with van der Waals surface area (Å²) in [4.78, 5) is 0. The van der Waals surface area contributed by atoms with Crippen LogP contribution in [0.1, 0.15) is 24.5 Å². The minimum atomic E-state index is 1.01. The molecular formula is C18H23NO. The van der Waals surface area contributed by atoms with Crippen molar-refractivity contribution in [1.82, 2.24) is 0 Å². The van der Waals surface area contributed by atoms with E-state index in [4.69, 9.17) is 4.74 Å². The molecule has 106 valence electrons. The molecule has 2 aromatic rings. The number of methoxy groups -OCH3 is 1. The number of anilines is 1. The summed E-state index contributed by atoms with van der Waals surface area (Å²) in [7, 11) is 1.72. The van der Waals surface area contributed by atoms with Crippen molar-refractivity contribution < 1.29 is 4.74 Å². The van der Waals surface area contributed by atoms with Gasteiger partial charge in [-0.15, -0.1) is 0 Å². The molecule has 1 heterocycles. The summed E-state index contributed by atoms with van der Waals surface area (Å²) >= 11 is 0. The molecule has 1 aliphatic heterocycles. The lowest BCUT2D eigenvalue weighted by atomic mass is 10.1. The number of fused-ring (bicyclic) bond motifs is 1. The van der Waals surface area contributed by atoms with E-state index in [0.717, 1.165) is 18.7 Å². The van der Waals surface area contributed by atoms with Crippen molar-refractivity contribution in [1.29, 1.82) is 0 Å². The Labute approximate surface area is 121 Å². The van der Waals surface area contributed by atoms with Gasteiger partial charge in [0.05, 0.1) is 7.11 Å². The quantitative estimate of drug-likeness (QED) is 0.897. The van der Waals surface area contributed by atoms with E-state index in [1.165, 1.54) is 29.7 Å². The van der Waals surface area contributed by atoms with Crippen molar-refractivity contribution in [2.45, 2.75) is 26.2 Å². The van der Waals surface area contributed by atoms with Gasteiger partial charge in [0.15, 0.2) is 0 Å². The first-order valence-electron chi connectivity index (χ1n) is 7.28. The topological polar surface area (TPSA) is 21.3 Å². The van der Waals surface area contributed by atoms with Gasteiger partial charge >= 0.3 is 0 Å². The van der Waals surface area contributed by atoms with Gasteiger partial charge in [0.2, 0.25) is 0 Å². The SMILES string of the molecule is CCCc1ccccc1OC.c1ccc2c(c1)CCN2. The molecule has 1 aliphatic rings. The van der Waals surface area contributed by atoms with Gasteiger partial charge in [0.25, 0.3) is 0 Å². The minimum Gasteiger partial charge on any atom is -0.496 e. The maximum absolute atomic E-state index is 5.20. The van der Waals surface area contributed by atoms with Crippen LogP contribution in [0.3, 0.4) is 0 Å². The van der Waals surface area contributed by atoms with Crippen molar-refractivity contribution in [3.05, 3.63) is 59.7 Å². The van der Waals surface area contributed by atoms with Crippen LogP contribution in [-0.2, 0) is 12.8 Å². The third-order valence-electron chi connectivity index (χ3n) is 3.44. The number of hydrogen-bond donors (Lipinski definition) is 1. The third-order valence-corrected chi connectivity index (χ3v) is 3.44. The largest absolute Gasteiger partial charge is 0.496 e. The zero-order chi connectivity index (χ0) is 14.2. The Balaban J connectivity index is 0.000000149. The van der Waals surface area contributed by atoms with Gasteiger partial charge in [-0.25, -0.2) is 0 Å². The molecule has 0 amide bonds. The van der Waals surface area contributed by atoms with E-state index in [2.05, 4.69) is 42.6 Å². The normalized spacial score (nSPS) is 11.9. The van der Waals surface area contributed by atoms with Crippen LogP contribution in [0.5, 0.6) is 5.75 Å². The van der Waals surface area contributed by atoms with Gasteiger partial charge in [0, 0.05) is 12.2 Å². The fraction of sp³-hybridized carbons (Fsp3) is 0.333. The lowest BCUT2D eigenvalue weighted by Crippen LogP contribution is -1.90. The van der Waals surface area contributed by atoms with Crippen LogP contribution in [0, 0.1) is 0 Å². The Morgan fingerprint density at radius 1 is 1.05 bits per heavy atom. The molecule has 0 radical (unpaired) electrons. The lowest BCUT2D eigenvalue weighted by Gasteiger charge is -2.05. The first-order chi connectivity index (χ1) is 9.85. The fourth-order valence-corrected chi connectivity index (χ4v) is 2.42. The van der Waals surface area contributed by atoms with Gasteiger partial charge in [-0.05, 0) is 36.1 Å². The summed E-state index contributed by atoms with van der Waals surface area (Å²) in [6, 6.07) is 16.6. The van der Waals surface area contributed by atoms with Gasteiger partial charge in [-0.3, -0.25) is 0 Å². The highest BCUT2D eigenvalue weighted by molar-refractivity contribution is 5.54. The molecule has 0 saturated heterocycles. The lowest BCUT2D eigenvalue weighted by molar-refractivity contribution is 0.409. The maximum Gasteiger partial charge on any atom is 0.122 e. The Hall–Kier alpha value is -1.96. The van der Waals surface area contributed by atoms with Crippen LogP contribution in [0.2, 0.25) is 0 Å². The second kappa shape index (κ2) is 7.59. The number of benzene rings is 2. The van der Waals surface area contributed by atoms with Crippen LogP contribution in [0.15, 0.2) is 48.5 Å². The van der Waals surface area contributed by atoms with Crippen LogP contribution in [0.25, 0.3) is 0 Å². The molecule has 2 heteroatoms. The molecule has 3 rings (SSSR count). The third kappa shape index (κ3) is 3.77. The summed E-state index contributed by atoms with van der Waals surface area (Å²) in [6.07, 6.45) is 3.46. The molecule has 20 heavy (non-hydrogen) atoms. The Kier molecular flexibility index (Phi) is 5.48. The number of hydrogen-bond acceptors (Lipinski definition) is 2. The number of nitrogens with one attached hydrogen (secondary N) is 1. The van der Waals surface area contributed by atoms with Crippen molar-refractivity contribution >= 4 is 5.69 Å². The monoisotopic (exact) mass is 269 g/mol. The highest BCUT2D eigenvalue weighted by Crippen LogP contribution is 2.20. The zero-order valence-corrected chi connectivity index (χ0v) is 12.4. The van der Waals surface area contributed by atoms with Gasteiger partial charge in [0.1, 0.15) is 5.75 Å². The molecule has 0 unspecified atom stereocenters. The number of para-hydroxylation sites is 2. The number of aryl methyl sites for hydroxylation is 1. The van der Waals surface area contributed by atoms with E-state index >= 15 is 0 Å². The number of ether oxygens (including phenoxy) is 1. The molecule has 2 aromatic carbocycles. The average Bonchev–Trinajstić information content (AvgIpc) is 2.97. The molecule has 0 spiro atoms. The molecule has 0 atom stereocenters. The van der Waals surface area contributed by atoms with E-state index in [9.17, 15) is 0 Å². The molecule has 0 bridgehead atoms. The van der Waals surface area contributed by atoms with E-state index < -0.39 is 0 Å². The molecule has 0 fully saturated rings. The molecule has 2 nitrogen and oxygen atoms in total. The predicted octanol–water partition coefficient (Wildman–Crippen LogP) is 4.30.